The first kappa shape index (κ1) is 22.1. The first-order valence-electron chi connectivity index (χ1n) is 11.8. The van der Waals surface area contributed by atoms with Crippen molar-refractivity contribution in [2.75, 3.05) is 5.75 Å². The number of aromatic amines is 1. The van der Waals surface area contributed by atoms with Crippen LogP contribution >= 0.6 is 11.8 Å². The lowest BCUT2D eigenvalue weighted by molar-refractivity contribution is 0.247. The molecule has 4 heterocycles. The predicted molar refractivity (Wildman–Crippen MR) is 128 cm³/mol. The number of urea groups is 1. The first-order valence-corrected chi connectivity index (χ1v) is 12.8. The van der Waals surface area contributed by atoms with Gasteiger partial charge in [-0.05, 0) is 50.3 Å². The molecular weight excluding hydrogens is 440 g/mol. The van der Waals surface area contributed by atoms with E-state index in [-0.39, 0.29) is 17.8 Å². The molecule has 9 nitrogen and oxygen atoms in total. The van der Waals surface area contributed by atoms with Crippen molar-refractivity contribution in [1.29, 1.82) is 0 Å². The van der Waals surface area contributed by atoms with Crippen LogP contribution in [0, 0.1) is 6.92 Å². The standard InChI is InChI=1S/C23H30N6O3S/c1-14-9-10-17-16(12-14)29(23(31)32-17)11-5-4-8-20-25-19(27-28-20)7-3-2-6-18-21-15(13-33-18)24-22(30)26-21/h9-10,12,15,18,21H,2-8,11,13H2,1H3,(H2,24,26,30)(H,25,27,28)/t15-,18-,21-/m0/s1. The van der Waals surface area contributed by atoms with Crippen LogP contribution in [0.1, 0.15) is 49.3 Å². The third-order valence-corrected chi connectivity index (χ3v) is 8.03. The summed E-state index contributed by atoms with van der Waals surface area (Å²) in [5.74, 6) is 2.48. The van der Waals surface area contributed by atoms with E-state index >= 15 is 0 Å². The Hall–Kier alpha value is -2.75. The number of carbonyl (C=O) groups excluding carboxylic acids is 1. The van der Waals surface area contributed by atoms with Gasteiger partial charge in [-0.3, -0.25) is 9.67 Å². The summed E-state index contributed by atoms with van der Waals surface area (Å²) in [4.78, 5) is 28.3. The molecule has 1 aromatic carbocycles. The Morgan fingerprint density at radius 3 is 2.94 bits per heavy atom. The summed E-state index contributed by atoms with van der Waals surface area (Å²) in [6, 6.07) is 6.34. The number of hydrogen-bond acceptors (Lipinski definition) is 6. The molecule has 0 unspecified atom stereocenters. The van der Waals surface area contributed by atoms with E-state index in [1.165, 1.54) is 0 Å². The molecule has 176 valence electrons. The number of nitrogens with one attached hydrogen (secondary N) is 3. The summed E-state index contributed by atoms with van der Waals surface area (Å²) in [7, 11) is 0. The van der Waals surface area contributed by atoms with Gasteiger partial charge in [0.1, 0.15) is 5.82 Å². The number of benzene rings is 1. The van der Waals surface area contributed by atoms with Gasteiger partial charge in [-0.2, -0.15) is 16.9 Å². The van der Waals surface area contributed by atoms with Crippen molar-refractivity contribution in [3.63, 3.8) is 0 Å². The van der Waals surface area contributed by atoms with Crippen molar-refractivity contribution in [3.05, 3.63) is 46.0 Å². The number of fused-ring (bicyclic) bond motifs is 2. The lowest BCUT2D eigenvalue weighted by Crippen LogP contribution is -2.36. The number of H-pyrrole nitrogens is 1. The second-order valence-electron chi connectivity index (χ2n) is 9.01. The summed E-state index contributed by atoms with van der Waals surface area (Å²) < 4.78 is 7.04. The summed E-state index contributed by atoms with van der Waals surface area (Å²) >= 11 is 1.96. The topological polar surface area (TPSA) is 118 Å². The Labute approximate surface area is 196 Å². The number of oxazole rings is 1. The fourth-order valence-electron chi connectivity index (χ4n) is 4.78. The second-order valence-corrected chi connectivity index (χ2v) is 10.3. The van der Waals surface area contributed by atoms with Crippen LogP contribution in [0.15, 0.2) is 27.4 Å². The summed E-state index contributed by atoms with van der Waals surface area (Å²) in [6.45, 7) is 2.64. The third-order valence-electron chi connectivity index (χ3n) is 6.52. The van der Waals surface area contributed by atoms with E-state index in [9.17, 15) is 9.59 Å². The molecule has 2 aliphatic heterocycles. The minimum Gasteiger partial charge on any atom is -0.408 e. The molecule has 0 aliphatic carbocycles. The van der Waals surface area contributed by atoms with Gasteiger partial charge in [0.2, 0.25) is 0 Å². The van der Waals surface area contributed by atoms with Gasteiger partial charge in [0, 0.05) is 30.4 Å². The van der Waals surface area contributed by atoms with Crippen LogP contribution < -0.4 is 16.4 Å². The zero-order chi connectivity index (χ0) is 22.8. The monoisotopic (exact) mass is 470 g/mol. The average molecular weight is 471 g/mol. The molecule has 2 saturated heterocycles. The highest BCUT2D eigenvalue weighted by Gasteiger charge is 2.42. The minimum atomic E-state index is -0.297. The molecule has 3 atom stereocenters. The predicted octanol–water partition coefficient (Wildman–Crippen LogP) is 2.92. The van der Waals surface area contributed by atoms with Crippen molar-refractivity contribution in [2.24, 2.45) is 0 Å². The van der Waals surface area contributed by atoms with Crippen LogP contribution in [0.2, 0.25) is 0 Å². The number of nitrogens with zero attached hydrogens (tertiary/aromatic N) is 3. The maximum Gasteiger partial charge on any atom is 0.419 e. The Morgan fingerprint density at radius 2 is 2.03 bits per heavy atom. The Balaban J connectivity index is 1.02. The second kappa shape index (κ2) is 9.62. The van der Waals surface area contributed by atoms with E-state index in [1.807, 2.05) is 36.9 Å². The average Bonchev–Trinajstić information content (AvgIpc) is 3.54. The molecule has 0 bridgehead atoms. The van der Waals surface area contributed by atoms with Crippen molar-refractivity contribution < 1.29 is 9.21 Å². The molecule has 2 aliphatic rings. The minimum absolute atomic E-state index is 0.0234. The van der Waals surface area contributed by atoms with Crippen LogP contribution in [0.25, 0.3) is 11.1 Å². The van der Waals surface area contributed by atoms with Gasteiger partial charge in [0.05, 0.1) is 17.6 Å². The molecule has 2 amide bonds. The Kier molecular flexibility index (Phi) is 6.43. The van der Waals surface area contributed by atoms with Crippen molar-refractivity contribution >= 4 is 28.9 Å². The quantitative estimate of drug-likeness (QED) is 0.310. The molecule has 2 fully saturated rings. The number of hydrogen-bond donors (Lipinski definition) is 3. The number of aromatic nitrogens is 4. The van der Waals surface area contributed by atoms with Crippen molar-refractivity contribution in [1.82, 2.24) is 30.4 Å². The number of rotatable bonds is 10. The smallest absolute Gasteiger partial charge is 0.408 e. The summed E-state index contributed by atoms with van der Waals surface area (Å²) in [5, 5.41) is 14.0. The van der Waals surface area contributed by atoms with Gasteiger partial charge in [-0.25, -0.2) is 14.6 Å². The van der Waals surface area contributed by atoms with Crippen LogP contribution in [0.3, 0.4) is 0 Å². The van der Waals surface area contributed by atoms with Crippen LogP contribution in [0.4, 0.5) is 4.79 Å². The number of carbonyl (C=O) groups is 1. The molecule has 5 rings (SSSR count). The first-order chi connectivity index (χ1) is 16.1. The molecule has 0 saturated carbocycles. The van der Waals surface area contributed by atoms with E-state index in [1.54, 1.807) is 4.57 Å². The highest BCUT2D eigenvalue weighted by molar-refractivity contribution is 8.00. The van der Waals surface area contributed by atoms with Gasteiger partial charge >= 0.3 is 11.8 Å². The molecule has 2 aromatic heterocycles. The van der Waals surface area contributed by atoms with Gasteiger partial charge < -0.3 is 15.1 Å². The largest absolute Gasteiger partial charge is 0.419 e. The molecule has 0 spiro atoms. The normalized spacial score (nSPS) is 22.0. The maximum atomic E-state index is 12.1. The van der Waals surface area contributed by atoms with E-state index in [4.69, 9.17) is 4.42 Å². The zero-order valence-corrected chi connectivity index (χ0v) is 19.6. The van der Waals surface area contributed by atoms with Crippen molar-refractivity contribution in [2.45, 2.75) is 75.7 Å². The van der Waals surface area contributed by atoms with Gasteiger partial charge in [0.25, 0.3) is 0 Å². The lowest BCUT2D eigenvalue weighted by atomic mass is 10.0. The van der Waals surface area contributed by atoms with E-state index < -0.39 is 0 Å². The van der Waals surface area contributed by atoms with Gasteiger partial charge in [-0.15, -0.1) is 0 Å². The molecular formula is C23H30N6O3S. The molecule has 3 aromatic rings. The summed E-state index contributed by atoms with van der Waals surface area (Å²) in [5.41, 5.74) is 2.61. The number of thioether (sulfide) groups is 1. The fraction of sp³-hybridized carbons (Fsp3) is 0.565. The van der Waals surface area contributed by atoms with Gasteiger partial charge in [-0.1, -0.05) is 12.5 Å². The highest BCUT2D eigenvalue weighted by atomic mass is 32.2. The van der Waals surface area contributed by atoms with E-state index in [0.29, 0.717) is 23.4 Å². The third kappa shape index (κ3) is 4.95. The highest BCUT2D eigenvalue weighted by Crippen LogP contribution is 2.33. The van der Waals surface area contributed by atoms with Gasteiger partial charge in [0.15, 0.2) is 11.4 Å². The molecule has 3 N–H and O–H groups in total. The number of aryl methyl sites for hydroxylation is 4. The SMILES string of the molecule is Cc1ccc2oc(=O)n(CCCCc3n[nH]c(CCCC[C@@H]4SC[C@@H]5NC(=O)N[C@@H]54)n3)c2c1. The van der Waals surface area contributed by atoms with Crippen LogP contribution in [-0.4, -0.2) is 48.9 Å². The molecule has 0 radical (unpaired) electrons. The molecule has 33 heavy (non-hydrogen) atoms. The number of unbranched alkanes of at least 4 members (excludes halogenated alkanes) is 2. The Bertz CT molecular complexity index is 1180. The fourth-order valence-corrected chi connectivity index (χ4v) is 6.32. The number of amides is 2. The summed E-state index contributed by atoms with van der Waals surface area (Å²) in [6.07, 6.45) is 6.71. The van der Waals surface area contributed by atoms with E-state index in [2.05, 4.69) is 25.8 Å². The van der Waals surface area contributed by atoms with Crippen molar-refractivity contribution in [3.8, 4) is 0 Å². The van der Waals surface area contributed by atoms with Crippen LogP contribution in [0.5, 0.6) is 0 Å². The maximum absolute atomic E-state index is 12.1. The zero-order valence-electron chi connectivity index (χ0n) is 18.8. The lowest BCUT2D eigenvalue weighted by Gasteiger charge is -2.16. The Morgan fingerprint density at radius 1 is 1.15 bits per heavy atom. The van der Waals surface area contributed by atoms with E-state index in [0.717, 1.165) is 73.4 Å². The molecule has 10 heteroatoms. The van der Waals surface area contributed by atoms with Crippen LogP contribution in [-0.2, 0) is 19.4 Å².